The lowest BCUT2D eigenvalue weighted by atomic mass is 10.1. The molecule has 2 N–H and O–H groups in total. The lowest BCUT2D eigenvalue weighted by Gasteiger charge is -2.22. The molecule has 4 nitrogen and oxygen atoms in total. The van der Waals surface area contributed by atoms with Crippen molar-refractivity contribution in [2.45, 2.75) is 19.4 Å². The lowest BCUT2D eigenvalue weighted by Crippen LogP contribution is -2.34. The summed E-state index contributed by atoms with van der Waals surface area (Å²) in [6.45, 7) is 7.45. The normalized spacial score (nSPS) is 21.8. The van der Waals surface area contributed by atoms with Crippen molar-refractivity contribution in [1.29, 1.82) is 0 Å². The Morgan fingerprint density at radius 3 is 2.95 bits per heavy atom. The number of hydrogen-bond acceptors (Lipinski definition) is 3. The summed E-state index contributed by atoms with van der Waals surface area (Å²) in [6.07, 6.45) is 2.64. The molecule has 1 fully saturated rings. The maximum absolute atomic E-state index is 12.7. The van der Waals surface area contributed by atoms with Crippen LogP contribution in [-0.2, 0) is 0 Å². The molecule has 0 aliphatic carbocycles. The molecule has 1 heterocycles. The molecule has 2 rings (SSSR count). The van der Waals surface area contributed by atoms with Crippen molar-refractivity contribution in [3.63, 3.8) is 0 Å². The second-order valence-electron chi connectivity index (χ2n) is 5.24. The zero-order valence-electron chi connectivity index (χ0n) is 11.9. The van der Waals surface area contributed by atoms with Crippen LogP contribution < -0.4 is 10.5 Å². The average molecular weight is 274 g/mol. The monoisotopic (exact) mass is 274 g/mol. The number of carbonyl (C=O) groups is 1. The summed E-state index contributed by atoms with van der Waals surface area (Å²) >= 11 is 0. The third kappa shape index (κ3) is 3.02. The Morgan fingerprint density at radius 1 is 1.55 bits per heavy atom. The van der Waals surface area contributed by atoms with Crippen LogP contribution in [0.1, 0.15) is 23.7 Å². The number of nitrogens with zero attached hydrogens (tertiary/aromatic N) is 1. The Morgan fingerprint density at radius 2 is 2.30 bits per heavy atom. The number of amides is 1. The maximum atomic E-state index is 12.7. The fourth-order valence-electron chi connectivity index (χ4n) is 2.67. The molecule has 4 heteroatoms. The Kier molecular flexibility index (Phi) is 4.79. The van der Waals surface area contributed by atoms with E-state index in [1.54, 1.807) is 6.08 Å². The van der Waals surface area contributed by atoms with E-state index in [0.29, 0.717) is 30.4 Å². The topological polar surface area (TPSA) is 55.6 Å². The fraction of sp³-hybridized carbons (Fsp3) is 0.438. The summed E-state index contributed by atoms with van der Waals surface area (Å²) in [6, 6.07) is 7.57. The van der Waals surface area contributed by atoms with Crippen LogP contribution in [0.4, 0.5) is 0 Å². The van der Waals surface area contributed by atoms with Crippen molar-refractivity contribution in [3.8, 4) is 5.75 Å². The second-order valence-corrected chi connectivity index (χ2v) is 5.24. The van der Waals surface area contributed by atoms with Crippen LogP contribution >= 0.6 is 0 Å². The first-order chi connectivity index (χ1) is 9.67. The van der Waals surface area contributed by atoms with E-state index < -0.39 is 0 Å². The number of likely N-dealkylation sites (tertiary alicyclic amines) is 1. The number of nitrogens with two attached hydrogens (primary N) is 1. The summed E-state index contributed by atoms with van der Waals surface area (Å²) in [5, 5.41) is 0. The molecule has 1 aromatic carbocycles. The van der Waals surface area contributed by atoms with Gasteiger partial charge in [0, 0.05) is 12.6 Å². The molecular weight excluding hydrogens is 252 g/mol. The lowest BCUT2D eigenvalue weighted by molar-refractivity contribution is 0.0739. The van der Waals surface area contributed by atoms with Crippen molar-refractivity contribution in [2.75, 3.05) is 19.7 Å². The molecule has 1 aromatic rings. The van der Waals surface area contributed by atoms with Crippen LogP contribution in [0.15, 0.2) is 36.9 Å². The van der Waals surface area contributed by atoms with Crippen molar-refractivity contribution in [1.82, 2.24) is 4.90 Å². The third-order valence-corrected chi connectivity index (χ3v) is 3.73. The van der Waals surface area contributed by atoms with Crippen LogP contribution in [0.2, 0.25) is 0 Å². The first-order valence-electron chi connectivity index (χ1n) is 7.01. The molecule has 1 amide bonds. The minimum absolute atomic E-state index is 0.0214. The highest BCUT2D eigenvalue weighted by Crippen LogP contribution is 2.27. The number of hydrogen-bond donors (Lipinski definition) is 1. The largest absolute Gasteiger partial charge is 0.489 e. The molecule has 0 aromatic heterocycles. The molecule has 1 saturated heterocycles. The average Bonchev–Trinajstić information content (AvgIpc) is 2.86. The smallest absolute Gasteiger partial charge is 0.257 e. The number of carbonyl (C=O) groups excluding carboxylic acids is 1. The number of para-hydroxylation sites is 1. The molecule has 0 spiro atoms. The number of ether oxygens (including phenoxy) is 1. The minimum Gasteiger partial charge on any atom is -0.489 e. The van der Waals surface area contributed by atoms with E-state index in [-0.39, 0.29) is 11.9 Å². The number of benzene rings is 1. The molecule has 20 heavy (non-hydrogen) atoms. The highest BCUT2D eigenvalue weighted by molar-refractivity contribution is 5.97. The quantitative estimate of drug-likeness (QED) is 0.836. The van der Waals surface area contributed by atoms with Gasteiger partial charge in [0.1, 0.15) is 12.4 Å². The maximum Gasteiger partial charge on any atom is 0.257 e. The van der Waals surface area contributed by atoms with E-state index >= 15 is 0 Å². The van der Waals surface area contributed by atoms with Gasteiger partial charge in [0.15, 0.2) is 0 Å². The first-order valence-corrected chi connectivity index (χ1v) is 7.01. The van der Waals surface area contributed by atoms with E-state index in [0.717, 1.165) is 13.0 Å². The molecule has 0 radical (unpaired) electrons. The van der Waals surface area contributed by atoms with E-state index in [9.17, 15) is 4.79 Å². The van der Waals surface area contributed by atoms with Crippen molar-refractivity contribution < 1.29 is 9.53 Å². The molecule has 0 saturated carbocycles. The highest BCUT2D eigenvalue weighted by Gasteiger charge is 2.33. The molecular formula is C16H22N2O2. The Balaban J connectivity index is 2.18. The van der Waals surface area contributed by atoms with Gasteiger partial charge in [-0.05, 0) is 37.9 Å². The molecule has 1 aliphatic rings. The van der Waals surface area contributed by atoms with Crippen LogP contribution in [0, 0.1) is 5.92 Å². The van der Waals surface area contributed by atoms with Gasteiger partial charge in [-0.15, -0.1) is 0 Å². The van der Waals surface area contributed by atoms with Crippen LogP contribution in [0.25, 0.3) is 0 Å². The van der Waals surface area contributed by atoms with Gasteiger partial charge in [-0.3, -0.25) is 4.79 Å². The molecule has 2 atom stereocenters. The molecule has 1 aliphatic heterocycles. The van der Waals surface area contributed by atoms with Crippen LogP contribution in [0.3, 0.4) is 0 Å². The number of rotatable bonds is 5. The van der Waals surface area contributed by atoms with Gasteiger partial charge in [0.25, 0.3) is 5.91 Å². The van der Waals surface area contributed by atoms with Gasteiger partial charge in [0.2, 0.25) is 0 Å². The second kappa shape index (κ2) is 6.57. The highest BCUT2D eigenvalue weighted by atomic mass is 16.5. The van der Waals surface area contributed by atoms with E-state index in [2.05, 4.69) is 13.5 Å². The van der Waals surface area contributed by atoms with E-state index in [4.69, 9.17) is 10.5 Å². The van der Waals surface area contributed by atoms with Crippen molar-refractivity contribution in [3.05, 3.63) is 42.5 Å². The van der Waals surface area contributed by atoms with Crippen LogP contribution in [-0.4, -0.2) is 36.5 Å². The van der Waals surface area contributed by atoms with Gasteiger partial charge in [0.05, 0.1) is 5.56 Å². The first kappa shape index (κ1) is 14.6. The van der Waals surface area contributed by atoms with E-state index in [1.807, 2.05) is 29.2 Å². The van der Waals surface area contributed by atoms with Gasteiger partial charge in [-0.1, -0.05) is 24.8 Å². The van der Waals surface area contributed by atoms with Crippen molar-refractivity contribution >= 4 is 5.91 Å². The summed E-state index contributed by atoms with van der Waals surface area (Å²) in [4.78, 5) is 14.6. The summed E-state index contributed by atoms with van der Waals surface area (Å²) in [7, 11) is 0. The predicted octanol–water partition coefficient (Wildman–Crippen LogP) is 2.06. The molecule has 0 bridgehead atoms. The van der Waals surface area contributed by atoms with Gasteiger partial charge < -0.3 is 15.4 Å². The minimum atomic E-state index is 0.0214. The third-order valence-electron chi connectivity index (χ3n) is 3.73. The van der Waals surface area contributed by atoms with Gasteiger partial charge in [-0.2, -0.15) is 0 Å². The van der Waals surface area contributed by atoms with Gasteiger partial charge in [-0.25, -0.2) is 0 Å². The standard InChI is InChI=1S/C16H22N2O2/c1-3-8-20-15-7-5-4-6-14(15)16(19)18-11-13(10-17)9-12(18)2/h3-7,12-13H,1,8-11,17H2,2H3. The fourth-order valence-corrected chi connectivity index (χ4v) is 2.67. The summed E-state index contributed by atoms with van der Waals surface area (Å²) < 4.78 is 5.57. The summed E-state index contributed by atoms with van der Waals surface area (Å²) in [5.41, 5.74) is 6.33. The Labute approximate surface area is 120 Å². The zero-order valence-corrected chi connectivity index (χ0v) is 11.9. The van der Waals surface area contributed by atoms with Crippen LogP contribution in [0.5, 0.6) is 5.75 Å². The molecule has 2 unspecified atom stereocenters. The Bertz CT molecular complexity index is 487. The molecule has 108 valence electrons. The zero-order chi connectivity index (χ0) is 14.5. The van der Waals surface area contributed by atoms with E-state index in [1.165, 1.54) is 0 Å². The van der Waals surface area contributed by atoms with Crippen molar-refractivity contribution in [2.24, 2.45) is 11.7 Å². The predicted molar refractivity (Wildman–Crippen MR) is 79.8 cm³/mol. The van der Waals surface area contributed by atoms with Gasteiger partial charge >= 0.3 is 0 Å². The SMILES string of the molecule is C=CCOc1ccccc1C(=O)N1CC(CN)CC1C. The Hall–Kier alpha value is -1.81. The summed E-state index contributed by atoms with van der Waals surface area (Å²) in [5.74, 6) is 1.03.